The first-order valence-electron chi connectivity index (χ1n) is 9.40. The molecule has 27 heavy (non-hydrogen) atoms. The highest BCUT2D eigenvalue weighted by atomic mass is 35.5. The van der Waals surface area contributed by atoms with Gasteiger partial charge in [0.2, 0.25) is 11.2 Å². The molecule has 2 aromatic heterocycles. The van der Waals surface area contributed by atoms with E-state index < -0.39 is 0 Å². The fraction of sp³-hybridized carbons (Fsp3) is 0.647. The number of fused-ring (bicyclic) bond motifs is 1. The SMILES string of the molecule is O=C(NCCN1CCOCC1)[C@H]1CCCN(c2nc(Cl)nc3nc[nH]c23)C1. The molecule has 9 nitrogen and oxygen atoms in total. The van der Waals surface area contributed by atoms with Crippen molar-refractivity contribution < 1.29 is 9.53 Å². The van der Waals surface area contributed by atoms with Crippen molar-refractivity contribution in [2.75, 3.05) is 57.4 Å². The van der Waals surface area contributed by atoms with Crippen molar-refractivity contribution in [3.63, 3.8) is 0 Å². The Labute approximate surface area is 162 Å². The van der Waals surface area contributed by atoms with Crippen LogP contribution in [0.2, 0.25) is 5.28 Å². The van der Waals surface area contributed by atoms with Crippen LogP contribution >= 0.6 is 11.6 Å². The minimum absolute atomic E-state index is 0.0600. The highest BCUT2D eigenvalue weighted by molar-refractivity contribution is 6.28. The third-order valence-electron chi connectivity index (χ3n) is 5.16. The van der Waals surface area contributed by atoms with Crippen LogP contribution in [-0.2, 0) is 9.53 Å². The number of carbonyl (C=O) groups is 1. The van der Waals surface area contributed by atoms with Gasteiger partial charge in [0, 0.05) is 39.3 Å². The Morgan fingerprint density at radius 3 is 3.04 bits per heavy atom. The van der Waals surface area contributed by atoms with Gasteiger partial charge in [0.05, 0.1) is 25.5 Å². The van der Waals surface area contributed by atoms with E-state index in [0.717, 1.165) is 57.8 Å². The van der Waals surface area contributed by atoms with Crippen LogP contribution in [0.5, 0.6) is 0 Å². The summed E-state index contributed by atoms with van der Waals surface area (Å²) >= 11 is 6.05. The van der Waals surface area contributed by atoms with Gasteiger partial charge in [0.1, 0.15) is 5.52 Å². The Balaban J connectivity index is 1.36. The molecule has 2 fully saturated rings. The number of imidazole rings is 1. The van der Waals surface area contributed by atoms with Gasteiger partial charge in [0.25, 0.3) is 0 Å². The van der Waals surface area contributed by atoms with E-state index in [-0.39, 0.29) is 17.1 Å². The Bertz CT molecular complexity index is 793. The predicted molar refractivity (Wildman–Crippen MR) is 102 cm³/mol. The second kappa shape index (κ2) is 8.37. The number of H-pyrrole nitrogens is 1. The average molecular weight is 394 g/mol. The number of ether oxygens (including phenoxy) is 1. The monoisotopic (exact) mass is 393 g/mol. The summed E-state index contributed by atoms with van der Waals surface area (Å²) in [5, 5.41) is 3.26. The molecule has 0 spiro atoms. The van der Waals surface area contributed by atoms with Gasteiger partial charge in [-0.05, 0) is 24.4 Å². The number of hydrogen-bond acceptors (Lipinski definition) is 7. The van der Waals surface area contributed by atoms with Crippen molar-refractivity contribution in [1.29, 1.82) is 0 Å². The van der Waals surface area contributed by atoms with E-state index in [9.17, 15) is 4.79 Å². The third-order valence-corrected chi connectivity index (χ3v) is 5.33. The molecule has 2 aromatic rings. The largest absolute Gasteiger partial charge is 0.379 e. The van der Waals surface area contributed by atoms with Crippen LogP contribution < -0.4 is 10.2 Å². The Morgan fingerprint density at radius 2 is 2.19 bits per heavy atom. The maximum absolute atomic E-state index is 12.6. The van der Waals surface area contributed by atoms with Crippen LogP contribution in [-0.4, -0.2) is 83.2 Å². The smallest absolute Gasteiger partial charge is 0.226 e. The molecule has 0 aliphatic carbocycles. The van der Waals surface area contributed by atoms with Crippen LogP contribution in [0, 0.1) is 5.92 Å². The molecule has 0 radical (unpaired) electrons. The van der Waals surface area contributed by atoms with Gasteiger partial charge in [0.15, 0.2) is 11.5 Å². The number of piperidine rings is 1. The Morgan fingerprint density at radius 1 is 1.33 bits per heavy atom. The molecule has 0 aromatic carbocycles. The Kier molecular flexibility index (Phi) is 5.70. The van der Waals surface area contributed by atoms with Gasteiger partial charge >= 0.3 is 0 Å². The van der Waals surface area contributed by atoms with E-state index in [1.165, 1.54) is 0 Å². The first-order valence-corrected chi connectivity index (χ1v) is 9.78. The first kappa shape index (κ1) is 18.4. The fourth-order valence-electron chi connectivity index (χ4n) is 3.71. The number of amides is 1. The lowest BCUT2D eigenvalue weighted by Gasteiger charge is -2.33. The minimum atomic E-state index is -0.0600. The van der Waals surface area contributed by atoms with Gasteiger partial charge in [-0.3, -0.25) is 9.69 Å². The molecule has 1 atom stereocenters. The Hall–Kier alpha value is -1.97. The quantitative estimate of drug-likeness (QED) is 0.720. The zero-order valence-electron chi connectivity index (χ0n) is 15.2. The molecular formula is C17H24ClN7O2. The molecule has 0 saturated carbocycles. The molecule has 2 aliphatic heterocycles. The molecule has 146 valence electrons. The third kappa shape index (κ3) is 4.31. The molecule has 2 aliphatic rings. The van der Waals surface area contributed by atoms with Crippen LogP contribution in [0.15, 0.2) is 6.33 Å². The molecule has 2 N–H and O–H groups in total. The van der Waals surface area contributed by atoms with Crippen molar-refractivity contribution in [3.05, 3.63) is 11.6 Å². The molecule has 4 heterocycles. The van der Waals surface area contributed by atoms with E-state index in [0.29, 0.717) is 24.6 Å². The molecule has 10 heteroatoms. The highest BCUT2D eigenvalue weighted by Crippen LogP contribution is 2.27. The van der Waals surface area contributed by atoms with Gasteiger partial charge in [-0.15, -0.1) is 0 Å². The number of hydrogen-bond donors (Lipinski definition) is 2. The van der Waals surface area contributed by atoms with Crippen molar-refractivity contribution in [2.24, 2.45) is 5.92 Å². The van der Waals surface area contributed by atoms with Gasteiger partial charge in [-0.25, -0.2) is 4.98 Å². The first-order chi connectivity index (χ1) is 13.2. The summed E-state index contributed by atoms with van der Waals surface area (Å²) in [4.78, 5) is 32.8. The van der Waals surface area contributed by atoms with Gasteiger partial charge in [-0.1, -0.05) is 0 Å². The topological polar surface area (TPSA) is 99.3 Å². The van der Waals surface area contributed by atoms with E-state index in [1.54, 1.807) is 6.33 Å². The summed E-state index contributed by atoms with van der Waals surface area (Å²) in [6.45, 7) is 6.39. The molecule has 1 amide bonds. The lowest BCUT2D eigenvalue weighted by molar-refractivity contribution is -0.125. The fourth-order valence-corrected chi connectivity index (χ4v) is 3.87. The molecule has 0 unspecified atom stereocenters. The van der Waals surface area contributed by atoms with E-state index in [1.807, 2.05) is 0 Å². The normalized spacial score (nSPS) is 21.5. The molecule has 4 rings (SSSR count). The maximum atomic E-state index is 12.6. The van der Waals surface area contributed by atoms with Gasteiger partial charge < -0.3 is 19.9 Å². The molecule has 0 bridgehead atoms. The number of carbonyl (C=O) groups excluding carboxylic acids is 1. The average Bonchev–Trinajstić information content (AvgIpc) is 3.16. The summed E-state index contributed by atoms with van der Waals surface area (Å²) in [5.74, 6) is 0.762. The predicted octanol–water partition coefficient (Wildman–Crippen LogP) is 0.671. The van der Waals surface area contributed by atoms with Crippen molar-refractivity contribution >= 4 is 34.5 Å². The lowest BCUT2D eigenvalue weighted by atomic mass is 9.97. The van der Waals surface area contributed by atoms with Crippen LogP contribution in [0.3, 0.4) is 0 Å². The maximum Gasteiger partial charge on any atom is 0.226 e. The second-order valence-electron chi connectivity index (χ2n) is 6.95. The van der Waals surface area contributed by atoms with Gasteiger partial charge in [-0.2, -0.15) is 9.97 Å². The number of aromatic nitrogens is 4. The van der Waals surface area contributed by atoms with Crippen molar-refractivity contribution in [2.45, 2.75) is 12.8 Å². The van der Waals surface area contributed by atoms with Crippen LogP contribution in [0.25, 0.3) is 11.2 Å². The number of halogens is 1. The summed E-state index contributed by atoms with van der Waals surface area (Å²) in [5.41, 5.74) is 1.30. The highest BCUT2D eigenvalue weighted by Gasteiger charge is 2.28. The summed E-state index contributed by atoms with van der Waals surface area (Å²) in [6, 6.07) is 0. The van der Waals surface area contributed by atoms with E-state index >= 15 is 0 Å². The summed E-state index contributed by atoms with van der Waals surface area (Å²) in [7, 11) is 0. The number of nitrogens with zero attached hydrogens (tertiary/aromatic N) is 5. The van der Waals surface area contributed by atoms with E-state index in [2.05, 4.69) is 35.1 Å². The summed E-state index contributed by atoms with van der Waals surface area (Å²) < 4.78 is 5.35. The van der Waals surface area contributed by atoms with Crippen molar-refractivity contribution in [1.82, 2.24) is 30.2 Å². The van der Waals surface area contributed by atoms with E-state index in [4.69, 9.17) is 16.3 Å². The van der Waals surface area contributed by atoms with Crippen molar-refractivity contribution in [3.8, 4) is 0 Å². The zero-order chi connectivity index (χ0) is 18.6. The van der Waals surface area contributed by atoms with Crippen LogP contribution in [0.1, 0.15) is 12.8 Å². The van der Waals surface area contributed by atoms with Crippen LogP contribution in [0.4, 0.5) is 5.82 Å². The number of morpholine rings is 1. The lowest BCUT2D eigenvalue weighted by Crippen LogP contribution is -2.46. The standard InChI is InChI=1S/C17H24ClN7O2/c18-17-22-14-13(20-11-21-14)15(23-17)25-4-1-2-12(10-25)16(26)19-3-5-24-6-8-27-9-7-24/h11-12H,1-10H2,(H,19,26)(H,20,21,22,23)/t12-/m0/s1. The number of rotatable bonds is 5. The number of anilines is 1. The zero-order valence-corrected chi connectivity index (χ0v) is 15.9. The second-order valence-corrected chi connectivity index (χ2v) is 7.29. The number of nitrogens with one attached hydrogen (secondary N) is 2. The summed E-state index contributed by atoms with van der Waals surface area (Å²) in [6.07, 6.45) is 3.39. The molecule has 2 saturated heterocycles. The number of aromatic amines is 1. The minimum Gasteiger partial charge on any atom is -0.379 e. The molecular weight excluding hydrogens is 370 g/mol.